The molecule has 0 aliphatic heterocycles. The lowest BCUT2D eigenvalue weighted by atomic mass is 10.1. The van der Waals surface area contributed by atoms with Crippen LogP contribution < -0.4 is 0 Å². The lowest BCUT2D eigenvalue weighted by molar-refractivity contribution is 0.191. The van der Waals surface area contributed by atoms with E-state index in [4.69, 9.17) is 14.7 Å². The summed E-state index contributed by atoms with van der Waals surface area (Å²) in [6, 6.07) is 0. The average molecular weight is 328 g/mol. The first-order valence-electron chi connectivity index (χ1n) is 6.11. The van der Waals surface area contributed by atoms with Crippen LogP contribution in [0.3, 0.4) is 0 Å². The molecule has 0 radical (unpaired) electrons. The largest absolute Gasteiger partial charge is 0.481 e. The molecule has 0 bridgehead atoms. The van der Waals surface area contributed by atoms with Crippen molar-refractivity contribution in [1.29, 1.82) is 0 Å². The molecule has 0 aromatic heterocycles. The van der Waals surface area contributed by atoms with Gasteiger partial charge in [-0.3, -0.25) is 4.52 Å². The highest BCUT2D eigenvalue weighted by Crippen LogP contribution is 2.57. The van der Waals surface area contributed by atoms with E-state index in [0.717, 1.165) is 24.8 Å². The molecule has 7 nitrogen and oxygen atoms in total. The van der Waals surface area contributed by atoms with Gasteiger partial charge in [0.1, 0.15) is 0 Å². The van der Waals surface area contributed by atoms with Gasteiger partial charge in [0, 0.05) is 0 Å². The van der Waals surface area contributed by atoms with Gasteiger partial charge in [-0.1, -0.05) is 30.2 Å². The minimum atomic E-state index is -5.05. The molecule has 20 heavy (non-hydrogen) atoms. The van der Waals surface area contributed by atoms with Crippen LogP contribution in [0.1, 0.15) is 40.0 Å². The Balaban J connectivity index is 4.17. The van der Waals surface area contributed by atoms with E-state index < -0.39 is 15.6 Å². The molecular formula is C11H22O7P2. The van der Waals surface area contributed by atoms with E-state index in [1.165, 1.54) is 5.57 Å². The zero-order valence-electron chi connectivity index (χ0n) is 11.9. The first kappa shape index (κ1) is 19.7. The molecule has 0 heterocycles. The SMILES string of the molecule is CC/C(C)=C\CC/C(C)=C/COP(=O)(O)OP(=O)(O)O. The molecule has 0 aromatic carbocycles. The molecule has 9 heteroatoms. The van der Waals surface area contributed by atoms with Crippen molar-refractivity contribution in [2.24, 2.45) is 0 Å². The van der Waals surface area contributed by atoms with Crippen LogP contribution in [0.4, 0.5) is 0 Å². The van der Waals surface area contributed by atoms with Crippen molar-refractivity contribution in [2.75, 3.05) is 6.61 Å². The van der Waals surface area contributed by atoms with Gasteiger partial charge in [-0.2, -0.15) is 4.31 Å². The summed E-state index contributed by atoms with van der Waals surface area (Å²) in [6.45, 7) is 5.70. The second-order valence-electron chi connectivity index (χ2n) is 4.33. The Hall–Kier alpha value is -0.260. The highest BCUT2D eigenvalue weighted by molar-refractivity contribution is 7.60. The van der Waals surface area contributed by atoms with Crippen molar-refractivity contribution >= 4 is 15.6 Å². The fraction of sp³-hybridized carbons (Fsp3) is 0.636. The fourth-order valence-corrected chi connectivity index (χ4v) is 2.75. The molecule has 3 N–H and O–H groups in total. The molecule has 118 valence electrons. The van der Waals surface area contributed by atoms with Gasteiger partial charge in [0.05, 0.1) is 6.61 Å². The van der Waals surface area contributed by atoms with E-state index in [0.29, 0.717) is 0 Å². The predicted molar refractivity (Wildman–Crippen MR) is 75.9 cm³/mol. The second kappa shape index (κ2) is 8.90. The summed E-state index contributed by atoms with van der Waals surface area (Å²) in [7, 11) is -9.79. The van der Waals surface area contributed by atoms with E-state index in [1.54, 1.807) is 6.08 Å². The van der Waals surface area contributed by atoms with Crippen LogP contribution >= 0.6 is 15.6 Å². The summed E-state index contributed by atoms with van der Waals surface area (Å²) < 4.78 is 29.6. The molecular weight excluding hydrogens is 306 g/mol. The molecule has 0 spiro atoms. The summed E-state index contributed by atoms with van der Waals surface area (Å²) in [5.74, 6) is 0. The van der Waals surface area contributed by atoms with Crippen LogP contribution in [0.15, 0.2) is 23.3 Å². The number of allylic oxidation sites excluding steroid dienone is 3. The summed E-state index contributed by atoms with van der Waals surface area (Å²) in [6.07, 6.45) is 6.32. The number of phosphoric acid groups is 2. The van der Waals surface area contributed by atoms with Crippen molar-refractivity contribution in [1.82, 2.24) is 0 Å². The summed E-state index contributed by atoms with van der Waals surface area (Å²) in [5, 5.41) is 0. The lowest BCUT2D eigenvalue weighted by Crippen LogP contribution is -1.94. The topological polar surface area (TPSA) is 113 Å². The standard InChI is InChI=1S/C11H22O7P2/c1-4-10(2)6-5-7-11(3)8-9-17-20(15,16)18-19(12,13)14/h6,8H,4-5,7,9H2,1-3H3,(H,15,16)(H2,12,13,14)/b10-6-,11-8+. The van der Waals surface area contributed by atoms with Crippen LogP contribution in [0.25, 0.3) is 0 Å². The Morgan fingerprint density at radius 1 is 1.10 bits per heavy atom. The zero-order chi connectivity index (χ0) is 15.8. The predicted octanol–water partition coefficient (Wildman–Crippen LogP) is 3.30. The number of phosphoric ester groups is 1. The molecule has 1 unspecified atom stereocenters. The van der Waals surface area contributed by atoms with Gasteiger partial charge in [-0.25, -0.2) is 9.13 Å². The molecule has 0 fully saturated rings. The lowest BCUT2D eigenvalue weighted by Gasteiger charge is -2.11. The highest BCUT2D eigenvalue weighted by atomic mass is 31.3. The van der Waals surface area contributed by atoms with Gasteiger partial charge in [-0.05, 0) is 33.1 Å². The summed E-state index contributed by atoms with van der Waals surface area (Å²) >= 11 is 0. The van der Waals surface area contributed by atoms with E-state index in [9.17, 15) is 9.13 Å². The zero-order valence-corrected chi connectivity index (χ0v) is 13.6. The van der Waals surface area contributed by atoms with Crippen molar-refractivity contribution < 1.29 is 32.6 Å². The van der Waals surface area contributed by atoms with Crippen LogP contribution in [0.2, 0.25) is 0 Å². The first-order chi connectivity index (χ1) is 9.06. The quantitative estimate of drug-likeness (QED) is 0.439. The van der Waals surface area contributed by atoms with Crippen molar-refractivity contribution in [3.63, 3.8) is 0 Å². The molecule has 1 atom stereocenters. The Bertz CT molecular complexity index is 450. The Kier molecular flexibility index (Phi) is 8.79. The maximum Gasteiger partial charge on any atom is 0.481 e. The van der Waals surface area contributed by atoms with Gasteiger partial charge in [-0.15, -0.1) is 0 Å². The molecule has 0 saturated carbocycles. The Morgan fingerprint density at radius 3 is 2.20 bits per heavy atom. The average Bonchev–Trinajstić information content (AvgIpc) is 2.25. The van der Waals surface area contributed by atoms with E-state index in [-0.39, 0.29) is 6.61 Å². The van der Waals surface area contributed by atoms with Gasteiger partial charge in [0.25, 0.3) is 0 Å². The Morgan fingerprint density at radius 2 is 1.70 bits per heavy atom. The van der Waals surface area contributed by atoms with Gasteiger partial charge in [0.2, 0.25) is 0 Å². The fourth-order valence-electron chi connectivity index (χ4n) is 1.22. The van der Waals surface area contributed by atoms with Crippen LogP contribution in [-0.4, -0.2) is 21.3 Å². The number of rotatable bonds is 9. The van der Waals surface area contributed by atoms with Crippen LogP contribution in [0.5, 0.6) is 0 Å². The second-order valence-corrected chi connectivity index (χ2v) is 7.16. The van der Waals surface area contributed by atoms with Crippen molar-refractivity contribution in [2.45, 2.75) is 40.0 Å². The molecule has 0 aliphatic carbocycles. The summed E-state index contributed by atoms with van der Waals surface area (Å²) in [5.41, 5.74) is 2.24. The highest BCUT2D eigenvalue weighted by Gasteiger charge is 2.31. The maximum absolute atomic E-state index is 11.1. The third-order valence-electron chi connectivity index (χ3n) is 2.47. The normalized spacial score (nSPS) is 17.1. The first-order valence-corrected chi connectivity index (χ1v) is 9.14. The van der Waals surface area contributed by atoms with E-state index in [1.807, 2.05) is 13.8 Å². The molecule has 0 saturated heterocycles. The molecule has 0 aromatic rings. The van der Waals surface area contributed by atoms with E-state index in [2.05, 4.69) is 21.8 Å². The van der Waals surface area contributed by atoms with Crippen LogP contribution in [0, 0.1) is 0 Å². The number of hydrogen-bond donors (Lipinski definition) is 3. The Labute approximate surface area is 119 Å². The van der Waals surface area contributed by atoms with Crippen molar-refractivity contribution in [3.8, 4) is 0 Å². The van der Waals surface area contributed by atoms with Crippen LogP contribution in [-0.2, 0) is 18.0 Å². The molecule has 0 aliphatic rings. The minimum absolute atomic E-state index is 0.254. The van der Waals surface area contributed by atoms with Crippen molar-refractivity contribution in [3.05, 3.63) is 23.3 Å². The number of hydrogen-bond acceptors (Lipinski definition) is 4. The third kappa shape index (κ3) is 11.6. The van der Waals surface area contributed by atoms with E-state index >= 15 is 0 Å². The van der Waals surface area contributed by atoms with Gasteiger partial charge < -0.3 is 14.7 Å². The molecule has 0 amide bonds. The summed E-state index contributed by atoms with van der Waals surface area (Å²) in [4.78, 5) is 25.8. The minimum Gasteiger partial charge on any atom is -0.302 e. The monoisotopic (exact) mass is 328 g/mol. The third-order valence-corrected chi connectivity index (χ3v) is 4.62. The van der Waals surface area contributed by atoms with Gasteiger partial charge >= 0.3 is 15.6 Å². The maximum atomic E-state index is 11.1. The van der Waals surface area contributed by atoms with Gasteiger partial charge in [0.15, 0.2) is 0 Å². The molecule has 0 rings (SSSR count). The smallest absolute Gasteiger partial charge is 0.302 e.